The fourth-order valence-corrected chi connectivity index (χ4v) is 3.72. The second-order valence-electron chi connectivity index (χ2n) is 6.55. The average Bonchev–Trinajstić information content (AvgIpc) is 3.16. The van der Waals surface area contributed by atoms with Crippen LogP contribution >= 0.6 is 11.8 Å². The molecule has 0 bridgehead atoms. The molecule has 1 heterocycles. The van der Waals surface area contributed by atoms with Crippen molar-refractivity contribution in [1.29, 1.82) is 0 Å². The first-order valence-electron chi connectivity index (χ1n) is 9.77. The fourth-order valence-electron chi connectivity index (χ4n) is 2.91. The molecule has 1 atom stereocenters. The molecule has 1 aromatic heterocycles. The maximum Gasteiger partial charge on any atom is 0.234 e. The molecule has 0 unspecified atom stereocenters. The van der Waals surface area contributed by atoms with Gasteiger partial charge in [-0.3, -0.25) is 4.79 Å². The molecule has 1 amide bonds. The van der Waals surface area contributed by atoms with E-state index in [9.17, 15) is 4.79 Å². The van der Waals surface area contributed by atoms with Gasteiger partial charge in [0.25, 0.3) is 0 Å². The molecule has 0 aliphatic rings. The standard InChI is InChI=1S/C22H26N4O2S/c1-4-17-11-13-18(14-12-17)23-20(27)15-29-22-25-24-21(26(22)5-2)16(3)28-19-9-7-6-8-10-19/h6-14,16H,4-5,15H2,1-3H3,(H,23,27)/t16-/m0/s1. The van der Waals surface area contributed by atoms with E-state index in [0.29, 0.717) is 11.7 Å². The van der Waals surface area contributed by atoms with Crippen LogP contribution < -0.4 is 10.1 Å². The number of aromatic nitrogens is 3. The van der Waals surface area contributed by atoms with Gasteiger partial charge in [-0.2, -0.15) is 0 Å². The Bertz CT molecular complexity index is 926. The molecular formula is C22H26N4O2S. The number of nitrogens with zero attached hydrogens (tertiary/aromatic N) is 3. The van der Waals surface area contributed by atoms with Gasteiger partial charge < -0.3 is 14.6 Å². The number of carbonyl (C=O) groups is 1. The van der Waals surface area contributed by atoms with Gasteiger partial charge in [-0.05, 0) is 50.1 Å². The molecule has 3 aromatic rings. The second-order valence-corrected chi connectivity index (χ2v) is 7.49. The third-order valence-corrected chi connectivity index (χ3v) is 5.43. The number of aryl methyl sites for hydroxylation is 1. The van der Waals surface area contributed by atoms with Gasteiger partial charge in [0.05, 0.1) is 5.75 Å². The minimum atomic E-state index is -0.245. The number of hydrogen-bond acceptors (Lipinski definition) is 5. The van der Waals surface area contributed by atoms with Gasteiger partial charge in [-0.1, -0.05) is 49.0 Å². The SMILES string of the molecule is CCc1ccc(NC(=O)CSc2nnc([C@H](C)Oc3ccccc3)n2CC)cc1. The first-order chi connectivity index (χ1) is 14.1. The van der Waals surface area contributed by atoms with Crippen molar-refractivity contribution >= 4 is 23.4 Å². The highest BCUT2D eigenvalue weighted by atomic mass is 32.2. The predicted molar refractivity (Wildman–Crippen MR) is 116 cm³/mol. The molecule has 2 aromatic carbocycles. The first-order valence-corrected chi connectivity index (χ1v) is 10.8. The molecule has 0 aliphatic heterocycles. The van der Waals surface area contributed by atoms with Crippen molar-refractivity contribution in [1.82, 2.24) is 14.8 Å². The summed E-state index contributed by atoms with van der Waals surface area (Å²) in [6.45, 7) is 6.78. The fraction of sp³-hybridized carbons (Fsp3) is 0.318. The van der Waals surface area contributed by atoms with Crippen LogP contribution in [0.5, 0.6) is 5.75 Å². The third kappa shape index (κ3) is 5.60. The molecule has 29 heavy (non-hydrogen) atoms. The Balaban J connectivity index is 1.60. The zero-order chi connectivity index (χ0) is 20.6. The normalized spacial score (nSPS) is 11.8. The lowest BCUT2D eigenvalue weighted by molar-refractivity contribution is -0.113. The molecule has 152 valence electrons. The summed E-state index contributed by atoms with van der Waals surface area (Å²) in [6.07, 6.45) is 0.732. The van der Waals surface area contributed by atoms with E-state index in [1.165, 1.54) is 17.3 Å². The number of para-hydroxylation sites is 1. The lowest BCUT2D eigenvalue weighted by Gasteiger charge is -2.15. The third-order valence-electron chi connectivity index (χ3n) is 4.46. The van der Waals surface area contributed by atoms with Crippen LogP contribution in [0, 0.1) is 0 Å². The smallest absolute Gasteiger partial charge is 0.234 e. The summed E-state index contributed by atoms with van der Waals surface area (Å²) in [5, 5.41) is 12.2. The summed E-state index contributed by atoms with van der Waals surface area (Å²) >= 11 is 1.37. The summed E-state index contributed by atoms with van der Waals surface area (Å²) in [4.78, 5) is 12.3. The van der Waals surface area contributed by atoms with E-state index in [2.05, 4.69) is 22.4 Å². The van der Waals surface area contributed by atoms with E-state index < -0.39 is 0 Å². The Morgan fingerprint density at radius 1 is 1.10 bits per heavy atom. The van der Waals surface area contributed by atoms with Crippen molar-refractivity contribution in [2.45, 2.75) is 45.0 Å². The highest BCUT2D eigenvalue weighted by molar-refractivity contribution is 7.99. The number of hydrogen-bond donors (Lipinski definition) is 1. The number of ether oxygens (including phenoxy) is 1. The van der Waals surface area contributed by atoms with E-state index in [0.717, 1.165) is 23.7 Å². The van der Waals surface area contributed by atoms with E-state index in [1.807, 2.05) is 73.0 Å². The largest absolute Gasteiger partial charge is 0.483 e. The zero-order valence-electron chi connectivity index (χ0n) is 17.0. The number of thioether (sulfide) groups is 1. The van der Waals surface area contributed by atoms with Crippen LogP contribution in [0.2, 0.25) is 0 Å². The van der Waals surface area contributed by atoms with Crippen molar-refractivity contribution in [2.75, 3.05) is 11.1 Å². The van der Waals surface area contributed by atoms with Crippen LogP contribution in [0.4, 0.5) is 5.69 Å². The van der Waals surface area contributed by atoms with Crippen molar-refractivity contribution in [3.63, 3.8) is 0 Å². The van der Waals surface area contributed by atoms with Crippen molar-refractivity contribution in [3.8, 4) is 5.75 Å². The van der Waals surface area contributed by atoms with Crippen LogP contribution in [0.25, 0.3) is 0 Å². The number of benzene rings is 2. The lowest BCUT2D eigenvalue weighted by Crippen LogP contribution is -2.15. The number of nitrogens with one attached hydrogen (secondary N) is 1. The van der Waals surface area contributed by atoms with Crippen molar-refractivity contribution in [3.05, 3.63) is 66.0 Å². The summed E-state index contributed by atoms with van der Waals surface area (Å²) in [5.41, 5.74) is 2.04. The minimum Gasteiger partial charge on any atom is -0.483 e. The summed E-state index contributed by atoms with van der Waals surface area (Å²) in [6, 6.07) is 17.5. The highest BCUT2D eigenvalue weighted by Crippen LogP contribution is 2.24. The Morgan fingerprint density at radius 3 is 2.48 bits per heavy atom. The van der Waals surface area contributed by atoms with Gasteiger partial charge in [0.1, 0.15) is 5.75 Å². The zero-order valence-corrected chi connectivity index (χ0v) is 17.8. The molecule has 0 spiro atoms. The number of carbonyl (C=O) groups excluding carboxylic acids is 1. The van der Waals surface area contributed by atoms with E-state index in [-0.39, 0.29) is 17.8 Å². The molecule has 0 aliphatic carbocycles. The quantitative estimate of drug-likeness (QED) is 0.517. The van der Waals surface area contributed by atoms with E-state index >= 15 is 0 Å². The molecule has 7 heteroatoms. The molecular weight excluding hydrogens is 384 g/mol. The van der Waals surface area contributed by atoms with Gasteiger partial charge in [0, 0.05) is 12.2 Å². The molecule has 0 saturated heterocycles. The Morgan fingerprint density at radius 2 is 1.83 bits per heavy atom. The van der Waals surface area contributed by atoms with Gasteiger partial charge in [0.15, 0.2) is 17.1 Å². The molecule has 0 radical (unpaired) electrons. The van der Waals surface area contributed by atoms with Crippen LogP contribution in [0.15, 0.2) is 59.8 Å². The number of anilines is 1. The highest BCUT2D eigenvalue weighted by Gasteiger charge is 2.19. The Hall–Kier alpha value is -2.80. The lowest BCUT2D eigenvalue weighted by atomic mass is 10.1. The van der Waals surface area contributed by atoms with Crippen molar-refractivity contribution in [2.24, 2.45) is 0 Å². The predicted octanol–water partition coefficient (Wildman–Crippen LogP) is 4.73. The van der Waals surface area contributed by atoms with Gasteiger partial charge in [-0.25, -0.2) is 0 Å². The topological polar surface area (TPSA) is 69.0 Å². The Kier molecular flexibility index (Phi) is 7.30. The summed E-state index contributed by atoms with van der Waals surface area (Å²) in [5.74, 6) is 1.73. The molecule has 0 fully saturated rings. The van der Waals surface area contributed by atoms with Gasteiger partial charge in [-0.15, -0.1) is 10.2 Å². The molecule has 6 nitrogen and oxygen atoms in total. The van der Waals surface area contributed by atoms with Crippen LogP contribution in [-0.4, -0.2) is 26.4 Å². The summed E-state index contributed by atoms with van der Waals surface area (Å²) in [7, 11) is 0. The number of amides is 1. The summed E-state index contributed by atoms with van der Waals surface area (Å²) < 4.78 is 7.96. The van der Waals surface area contributed by atoms with E-state index in [1.54, 1.807) is 0 Å². The van der Waals surface area contributed by atoms with E-state index in [4.69, 9.17) is 4.74 Å². The second kappa shape index (κ2) is 10.1. The molecule has 1 N–H and O–H groups in total. The number of rotatable bonds is 9. The van der Waals surface area contributed by atoms with Crippen LogP contribution in [0.3, 0.4) is 0 Å². The Labute approximate surface area is 175 Å². The maximum absolute atomic E-state index is 12.3. The van der Waals surface area contributed by atoms with Gasteiger partial charge >= 0.3 is 0 Å². The average molecular weight is 411 g/mol. The first kappa shape index (κ1) is 20.9. The molecule has 0 saturated carbocycles. The molecule has 3 rings (SSSR count). The monoisotopic (exact) mass is 410 g/mol. The van der Waals surface area contributed by atoms with Gasteiger partial charge in [0.2, 0.25) is 5.91 Å². The maximum atomic E-state index is 12.3. The van der Waals surface area contributed by atoms with Crippen LogP contribution in [-0.2, 0) is 17.8 Å². The van der Waals surface area contributed by atoms with Crippen LogP contribution in [0.1, 0.15) is 38.3 Å². The van der Waals surface area contributed by atoms with Crippen molar-refractivity contribution < 1.29 is 9.53 Å². The minimum absolute atomic E-state index is 0.0694.